The van der Waals surface area contributed by atoms with Crippen LogP contribution in [-0.4, -0.2) is 36.4 Å². The van der Waals surface area contributed by atoms with Crippen LogP contribution in [0.3, 0.4) is 0 Å². The number of benzene rings is 2. The molecule has 0 radical (unpaired) electrons. The van der Waals surface area contributed by atoms with Gasteiger partial charge in [-0.15, -0.1) is 0 Å². The maximum atomic E-state index is 12.2. The number of nitrogens with zero attached hydrogens (tertiary/aromatic N) is 3. The number of fused-ring (bicyclic) bond motifs is 1. The summed E-state index contributed by atoms with van der Waals surface area (Å²) in [7, 11) is -0.336. The van der Waals surface area contributed by atoms with Crippen LogP contribution in [-0.2, 0) is 16.6 Å². The van der Waals surface area contributed by atoms with E-state index in [1.165, 1.54) is 18.4 Å². The highest BCUT2D eigenvalue weighted by Crippen LogP contribution is 2.24. The molecule has 2 unspecified atom stereocenters. The number of hydrogen-bond acceptors (Lipinski definition) is 4. The lowest BCUT2D eigenvalue weighted by Crippen LogP contribution is -2.25. The average Bonchev–Trinajstić information content (AvgIpc) is 3.06. The zero-order valence-corrected chi connectivity index (χ0v) is 17.9. The molecule has 1 heterocycles. The van der Waals surface area contributed by atoms with Gasteiger partial charge in [0.1, 0.15) is 5.82 Å². The molecule has 0 saturated carbocycles. The van der Waals surface area contributed by atoms with Crippen molar-refractivity contribution in [2.75, 3.05) is 14.1 Å². The van der Waals surface area contributed by atoms with E-state index in [1.807, 2.05) is 30.3 Å². The first-order valence-corrected chi connectivity index (χ1v) is 10.9. The second-order valence-corrected chi connectivity index (χ2v) is 9.32. The Hall–Kier alpha value is -2.22. The first-order chi connectivity index (χ1) is 13.3. The van der Waals surface area contributed by atoms with Gasteiger partial charge in [0.2, 0.25) is 10.0 Å². The molecule has 3 aromatic rings. The molecule has 0 spiro atoms. The van der Waals surface area contributed by atoms with E-state index in [2.05, 4.69) is 36.7 Å². The monoisotopic (exact) mass is 400 g/mol. The number of hydrogen-bond donors (Lipinski definition) is 1. The summed E-state index contributed by atoms with van der Waals surface area (Å²) in [6.45, 7) is 7.16. The molecule has 0 saturated heterocycles. The maximum absolute atomic E-state index is 12.2. The predicted molar refractivity (Wildman–Crippen MR) is 113 cm³/mol. The van der Waals surface area contributed by atoms with Gasteiger partial charge in [0.15, 0.2) is 0 Å². The topological polar surface area (TPSA) is 67.2 Å². The molecule has 150 valence electrons. The predicted octanol–water partition coefficient (Wildman–Crippen LogP) is 3.72. The van der Waals surface area contributed by atoms with E-state index < -0.39 is 10.0 Å². The molecular formula is C21H28N4O2S. The van der Waals surface area contributed by atoms with Crippen molar-refractivity contribution in [3.8, 4) is 0 Å². The lowest BCUT2D eigenvalue weighted by molar-refractivity contribution is 0.462. The number of aryl methyl sites for hydroxylation is 1. The zero-order chi connectivity index (χ0) is 20.5. The van der Waals surface area contributed by atoms with Crippen molar-refractivity contribution < 1.29 is 8.42 Å². The molecule has 7 heteroatoms. The molecule has 0 aliphatic rings. The van der Waals surface area contributed by atoms with E-state index in [-0.39, 0.29) is 12.1 Å². The summed E-state index contributed by atoms with van der Waals surface area (Å²) in [6.07, 6.45) is 0. The van der Waals surface area contributed by atoms with Crippen LogP contribution in [0.5, 0.6) is 0 Å². The minimum Gasteiger partial charge on any atom is -0.327 e. The molecule has 1 N–H and O–H groups in total. The Morgan fingerprint density at radius 3 is 2.29 bits per heavy atom. The fraction of sp³-hybridized carbons (Fsp3) is 0.381. The van der Waals surface area contributed by atoms with Gasteiger partial charge in [-0.1, -0.05) is 24.3 Å². The van der Waals surface area contributed by atoms with Crippen molar-refractivity contribution in [1.82, 2.24) is 19.2 Å². The van der Waals surface area contributed by atoms with Gasteiger partial charge < -0.3 is 9.88 Å². The minimum atomic E-state index is -3.41. The van der Waals surface area contributed by atoms with Crippen molar-refractivity contribution >= 4 is 21.1 Å². The van der Waals surface area contributed by atoms with E-state index in [0.717, 1.165) is 29.0 Å². The lowest BCUT2D eigenvalue weighted by atomic mass is 10.1. The summed E-state index contributed by atoms with van der Waals surface area (Å²) in [6, 6.07) is 15.3. The largest absolute Gasteiger partial charge is 0.327 e. The van der Waals surface area contributed by atoms with E-state index in [1.54, 1.807) is 12.1 Å². The van der Waals surface area contributed by atoms with Crippen molar-refractivity contribution in [2.24, 2.45) is 0 Å². The highest BCUT2D eigenvalue weighted by atomic mass is 32.2. The number of sulfonamides is 1. The average molecular weight is 401 g/mol. The van der Waals surface area contributed by atoms with Crippen LogP contribution in [0.4, 0.5) is 0 Å². The number of rotatable bonds is 7. The Balaban J connectivity index is 1.80. The molecule has 0 aliphatic carbocycles. The third-order valence-corrected chi connectivity index (χ3v) is 6.88. The zero-order valence-electron chi connectivity index (χ0n) is 17.0. The van der Waals surface area contributed by atoms with Gasteiger partial charge in [-0.3, -0.25) is 0 Å². The Morgan fingerprint density at radius 2 is 1.68 bits per heavy atom. The van der Waals surface area contributed by atoms with Gasteiger partial charge >= 0.3 is 0 Å². The maximum Gasteiger partial charge on any atom is 0.242 e. The molecule has 2 atom stereocenters. The summed E-state index contributed by atoms with van der Waals surface area (Å²) in [4.78, 5) is 5.11. The smallest absolute Gasteiger partial charge is 0.242 e. The second kappa shape index (κ2) is 8.03. The van der Waals surface area contributed by atoms with Crippen molar-refractivity contribution in [1.29, 1.82) is 0 Å². The number of imidazole rings is 1. The Kier molecular flexibility index (Phi) is 5.88. The molecular weight excluding hydrogens is 372 g/mol. The van der Waals surface area contributed by atoms with Crippen molar-refractivity contribution in [2.45, 2.75) is 44.3 Å². The number of nitrogens with one attached hydrogen (secondary N) is 1. The summed E-state index contributed by atoms with van der Waals surface area (Å²) >= 11 is 0. The van der Waals surface area contributed by atoms with Gasteiger partial charge in [0.05, 0.1) is 22.0 Å². The molecule has 28 heavy (non-hydrogen) atoms. The van der Waals surface area contributed by atoms with Crippen LogP contribution in [0, 0.1) is 0 Å². The van der Waals surface area contributed by atoms with Crippen LogP contribution >= 0.6 is 0 Å². The Morgan fingerprint density at radius 1 is 1.04 bits per heavy atom. The van der Waals surface area contributed by atoms with Crippen LogP contribution in [0.1, 0.15) is 44.2 Å². The van der Waals surface area contributed by atoms with Crippen LogP contribution in [0.2, 0.25) is 0 Å². The van der Waals surface area contributed by atoms with Gasteiger partial charge in [-0.2, -0.15) is 0 Å². The second-order valence-electron chi connectivity index (χ2n) is 7.17. The van der Waals surface area contributed by atoms with Gasteiger partial charge in [0.25, 0.3) is 0 Å². The van der Waals surface area contributed by atoms with Crippen LogP contribution in [0.15, 0.2) is 53.4 Å². The van der Waals surface area contributed by atoms with E-state index in [4.69, 9.17) is 4.98 Å². The highest BCUT2D eigenvalue weighted by molar-refractivity contribution is 7.89. The summed E-state index contributed by atoms with van der Waals surface area (Å²) in [5.74, 6) is 1.00. The Labute approximate surface area is 167 Å². The SMILES string of the molecule is CCn1c(C(C)NC(C)c2ccc(S(=O)(=O)N(C)C)cc2)nc2ccccc21. The summed E-state index contributed by atoms with van der Waals surface area (Å²) in [5, 5.41) is 3.59. The third kappa shape index (κ3) is 3.83. The lowest BCUT2D eigenvalue weighted by Gasteiger charge is -2.21. The van der Waals surface area contributed by atoms with Gasteiger partial charge in [-0.05, 0) is 50.6 Å². The van der Waals surface area contributed by atoms with Crippen LogP contribution in [0.25, 0.3) is 11.0 Å². The van der Waals surface area contributed by atoms with Crippen LogP contribution < -0.4 is 5.32 Å². The minimum absolute atomic E-state index is 0.0486. The molecule has 1 aromatic heterocycles. The number of aromatic nitrogens is 2. The summed E-state index contributed by atoms with van der Waals surface area (Å²) < 4.78 is 27.9. The van der Waals surface area contributed by atoms with E-state index in [0.29, 0.717) is 4.90 Å². The first-order valence-electron chi connectivity index (χ1n) is 9.49. The van der Waals surface area contributed by atoms with Gasteiger partial charge in [-0.25, -0.2) is 17.7 Å². The number of para-hydroxylation sites is 2. The highest BCUT2D eigenvalue weighted by Gasteiger charge is 2.20. The molecule has 0 amide bonds. The first kappa shape index (κ1) is 20.5. The molecule has 6 nitrogen and oxygen atoms in total. The fourth-order valence-electron chi connectivity index (χ4n) is 3.44. The molecule has 0 aliphatic heterocycles. The van der Waals surface area contributed by atoms with E-state index in [9.17, 15) is 8.42 Å². The third-order valence-electron chi connectivity index (χ3n) is 5.05. The Bertz CT molecular complexity index is 1060. The van der Waals surface area contributed by atoms with Crippen molar-refractivity contribution in [3.63, 3.8) is 0 Å². The molecule has 0 bridgehead atoms. The van der Waals surface area contributed by atoms with Crippen molar-refractivity contribution in [3.05, 3.63) is 59.9 Å². The summed E-state index contributed by atoms with van der Waals surface area (Å²) in [5.41, 5.74) is 3.17. The van der Waals surface area contributed by atoms with E-state index >= 15 is 0 Å². The fourth-order valence-corrected chi connectivity index (χ4v) is 4.34. The molecule has 0 fully saturated rings. The molecule has 3 rings (SSSR count). The standard InChI is InChI=1S/C21H28N4O2S/c1-6-25-20-10-8-7-9-19(20)23-21(25)16(3)22-15(2)17-11-13-18(14-12-17)28(26,27)24(4)5/h7-16,22H,6H2,1-5H3. The van der Waals surface area contributed by atoms with Gasteiger partial charge in [0, 0.05) is 26.7 Å². The quantitative estimate of drug-likeness (QED) is 0.656. The molecule has 2 aromatic carbocycles. The normalized spacial score (nSPS) is 14.5.